The summed E-state index contributed by atoms with van der Waals surface area (Å²) >= 11 is 0. The molecule has 1 saturated heterocycles. The minimum absolute atomic E-state index is 0.102. The van der Waals surface area contributed by atoms with E-state index >= 15 is 0 Å². The van der Waals surface area contributed by atoms with Crippen molar-refractivity contribution in [2.75, 3.05) is 31.1 Å². The quantitative estimate of drug-likeness (QED) is 0.782. The van der Waals surface area contributed by atoms with E-state index in [-0.39, 0.29) is 11.4 Å². The van der Waals surface area contributed by atoms with Crippen molar-refractivity contribution in [1.82, 2.24) is 9.80 Å². The van der Waals surface area contributed by atoms with Gasteiger partial charge in [-0.3, -0.25) is 9.69 Å². The zero-order valence-electron chi connectivity index (χ0n) is 18.1. The van der Waals surface area contributed by atoms with Gasteiger partial charge in [-0.25, -0.2) is 0 Å². The highest BCUT2D eigenvalue weighted by Crippen LogP contribution is 2.33. The van der Waals surface area contributed by atoms with Crippen LogP contribution in [0, 0.1) is 0 Å². The van der Waals surface area contributed by atoms with E-state index in [0.717, 1.165) is 44.8 Å². The van der Waals surface area contributed by atoms with Crippen LogP contribution in [-0.2, 0) is 13.0 Å². The summed E-state index contributed by atoms with van der Waals surface area (Å²) in [4.78, 5) is 20.1. The lowest BCUT2D eigenvalue weighted by atomic mass is 10.1. The third-order valence-corrected chi connectivity index (χ3v) is 6.37. The number of fused-ring (bicyclic) bond motifs is 1. The lowest BCUT2D eigenvalue weighted by Crippen LogP contribution is -2.44. The van der Waals surface area contributed by atoms with Crippen molar-refractivity contribution < 1.29 is 9.21 Å². The van der Waals surface area contributed by atoms with E-state index in [0.29, 0.717) is 18.2 Å². The normalized spacial score (nSPS) is 20.6. The highest BCUT2D eigenvalue weighted by molar-refractivity contribution is 5.95. The first kappa shape index (κ1) is 20.0. The zero-order valence-corrected chi connectivity index (χ0v) is 18.1. The van der Waals surface area contributed by atoms with Crippen molar-refractivity contribution >= 4 is 11.6 Å². The van der Waals surface area contributed by atoms with E-state index in [1.165, 1.54) is 11.3 Å². The second-order valence-electron chi connectivity index (χ2n) is 9.37. The van der Waals surface area contributed by atoms with Gasteiger partial charge in [0.05, 0.1) is 18.4 Å². The van der Waals surface area contributed by atoms with Gasteiger partial charge in [-0.2, -0.15) is 0 Å². The molecule has 0 aliphatic carbocycles. The second-order valence-corrected chi connectivity index (χ2v) is 9.37. The number of anilines is 1. The third-order valence-electron chi connectivity index (χ3n) is 6.37. The topological polar surface area (TPSA) is 39.9 Å². The SMILES string of the molecule is CC1Cc2ccccc2N1Cc1occc1C(=O)N1CCCN(C(C)(C)C)CC1. The Kier molecular flexibility index (Phi) is 5.43. The fraction of sp³-hybridized carbons (Fsp3) is 0.542. The molecule has 2 aromatic rings. The lowest BCUT2D eigenvalue weighted by molar-refractivity contribution is 0.0747. The molecule has 2 aliphatic heterocycles. The Labute approximate surface area is 174 Å². The smallest absolute Gasteiger partial charge is 0.257 e. The molecular weight excluding hydrogens is 362 g/mol. The van der Waals surface area contributed by atoms with Crippen molar-refractivity contribution in [2.24, 2.45) is 0 Å². The fourth-order valence-electron chi connectivity index (χ4n) is 4.64. The monoisotopic (exact) mass is 395 g/mol. The van der Waals surface area contributed by atoms with Gasteiger partial charge in [0.2, 0.25) is 0 Å². The predicted octanol–water partition coefficient (Wildman–Crippen LogP) is 4.18. The van der Waals surface area contributed by atoms with Gasteiger partial charge in [-0.05, 0) is 58.2 Å². The molecule has 0 bridgehead atoms. The minimum Gasteiger partial charge on any atom is -0.467 e. The molecule has 1 atom stereocenters. The first-order chi connectivity index (χ1) is 13.8. The van der Waals surface area contributed by atoms with Crippen LogP contribution in [0.25, 0.3) is 0 Å². The van der Waals surface area contributed by atoms with Gasteiger partial charge in [-0.1, -0.05) is 18.2 Å². The van der Waals surface area contributed by atoms with Crippen molar-refractivity contribution in [3.63, 3.8) is 0 Å². The van der Waals surface area contributed by atoms with Gasteiger partial charge in [0.1, 0.15) is 5.76 Å². The molecule has 1 unspecified atom stereocenters. The second kappa shape index (κ2) is 7.86. The molecule has 0 radical (unpaired) electrons. The number of amides is 1. The molecule has 3 heterocycles. The maximum absolute atomic E-state index is 13.3. The molecule has 0 spiro atoms. The minimum atomic E-state index is 0.102. The van der Waals surface area contributed by atoms with Crippen LogP contribution in [0.15, 0.2) is 41.0 Å². The summed E-state index contributed by atoms with van der Waals surface area (Å²) < 4.78 is 5.81. The van der Waals surface area contributed by atoms with E-state index in [1.54, 1.807) is 6.26 Å². The summed E-state index contributed by atoms with van der Waals surface area (Å²) in [6, 6.07) is 10.8. The summed E-state index contributed by atoms with van der Waals surface area (Å²) in [5, 5.41) is 0. The van der Waals surface area contributed by atoms with Crippen LogP contribution >= 0.6 is 0 Å². The molecule has 0 saturated carbocycles. The van der Waals surface area contributed by atoms with Gasteiger partial charge in [-0.15, -0.1) is 0 Å². The molecule has 1 aromatic carbocycles. The van der Waals surface area contributed by atoms with Gasteiger partial charge in [0.15, 0.2) is 0 Å². The molecule has 1 aromatic heterocycles. The molecule has 1 fully saturated rings. The van der Waals surface area contributed by atoms with Gasteiger partial charge >= 0.3 is 0 Å². The molecule has 156 valence electrons. The van der Waals surface area contributed by atoms with E-state index < -0.39 is 0 Å². The van der Waals surface area contributed by atoms with Crippen LogP contribution in [0.2, 0.25) is 0 Å². The van der Waals surface area contributed by atoms with Gasteiger partial charge in [0.25, 0.3) is 5.91 Å². The van der Waals surface area contributed by atoms with Crippen LogP contribution < -0.4 is 4.90 Å². The highest BCUT2D eigenvalue weighted by Gasteiger charge is 2.30. The standard InChI is InChI=1S/C24H33N3O2/c1-18-16-19-8-5-6-9-21(19)27(18)17-22-20(10-15-29-22)23(28)25-11-7-12-26(14-13-25)24(2,3)4/h5-6,8-10,15,18H,7,11-14,16-17H2,1-4H3. The van der Waals surface area contributed by atoms with Crippen LogP contribution in [0.4, 0.5) is 5.69 Å². The van der Waals surface area contributed by atoms with E-state index in [4.69, 9.17) is 4.42 Å². The number of carbonyl (C=O) groups excluding carboxylic acids is 1. The first-order valence-corrected chi connectivity index (χ1v) is 10.8. The Balaban J connectivity index is 1.49. The molecule has 4 rings (SSSR count). The summed E-state index contributed by atoms with van der Waals surface area (Å²) in [6.45, 7) is 13.1. The van der Waals surface area contributed by atoms with Crippen LogP contribution in [0.3, 0.4) is 0 Å². The number of rotatable bonds is 3. The summed E-state index contributed by atoms with van der Waals surface area (Å²) in [6.07, 6.45) is 3.70. The van der Waals surface area contributed by atoms with Crippen molar-refractivity contribution in [2.45, 2.75) is 58.7 Å². The Bertz CT molecular complexity index is 867. The number of hydrogen-bond donors (Lipinski definition) is 0. The largest absolute Gasteiger partial charge is 0.467 e. The fourth-order valence-corrected chi connectivity index (χ4v) is 4.64. The van der Waals surface area contributed by atoms with Crippen molar-refractivity contribution in [3.8, 4) is 0 Å². The maximum Gasteiger partial charge on any atom is 0.257 e. The van der Waals surface area contributed by atoms with E-state index in [1.807, 2.05) is 11.0 Å². The zero-order chi connectivity index (χ0) is 20.6. The van der Waals surface area contributed by atoms with Crippen LogP contribution in [0.1, 0.15) is 55.8 Å². The lowest BCUT2D eigenvalue weighted by Gasteiger charge is -2.34. The number of para-hydroxylation sites is 1. The third kappa shape index (κ3) is 4.06. The van der Waals surface area contributed by atoms with Crippen molar-refractivity contribution in [3.05, 3.63) is 53.5 Å². The van der Waals surface area contributed by atoms with Crippen LogP contribution in [0.5, 0.6) is 0 Å². The van der Waals surface area contributed by atoms with Crippen LogP contribution in [-0.4, -0.2) is 53.5 Å². The maximum atomic E-state index is 13.3. The van der Waals surface area contributed by atoms with E-state index in [2.05, 4.69) is 61.8 Å². The Hall–Kier alpha value is -2.27. The predicted molar refractivity (Wildman–Crippen MR) is 116 cm³/mol. The molecule has 1 amide bonds. The first-order valence-electron chi connectivity index (χ1n) is 10.8. The summed E-state index contributed by atoms with van der Waals surface area (Å²) in [5.41, 5.74) is 3.48. The number of benzene rings is 1. The Morgan fingerprint density at radius 2 is 1.90 bits per heavy atom. The summed E-state index contributed by atoms with van der Waals surface area (Å²) in [7, 11) is 0. The molecule has 0 N–H and O–H groups in total. The molecule has 5 nitrogen and oxygen atoms in total. The highest BCUT2D eigenvalue weighted by atomic mass is 16.3. The number of nitrogens with zero attached hydrogens (tertiary/aromatic N) is 3. The number of hydrogen-bond acceptors (Lipinski definition) is 4. The van der Waals surface area contributed by atoms with Crippen molar-refractivity contribution in [1.29, 1.82) is 0 Å². The van der Waals surface area contributed by atoms with E-state index in [9.17, 15) is 4.79 Å². The average Bonchev–Trinajstić information content (AvgIpc) is 3.15. The molecule has 29 heavy (non-hydrogen) atoms. The number of furan rings is 1. The molecular formula is C24H33N3O2. The summed E-state index contributed by atoms with van der Waals surface area (Å²) in [5.74, 6) is 0.875. The van der Waals surface area contributed by atoms with Gasteiger partial charge in [0, 0.05) is 43.4 Å². The Morgan fingerprint density at radius 1 is 1.10 bits per heavy atom. The molecule has 2 aliphatic rings. The average molecular weight is 396 g/mol. The van der Waals surface area contributed by atoms with Gasteiger partial charge < -0.3 is 14.2 Å². The molecule has 5 heteroatoms. The number of carbonyl (C=O) groups is 1. The Morgan fingerprint density at radius 3 is 2.69 bits per heavy atom.